The van der Waals surface area contributed by atoms with Crippen molar-refractivity contribution in [3.63, 3.8) is 0 Å². The third-order valence-corrected chi connectivity index (χ3v) is 7.47. The van der Waals surface area contributed by atoms with Gasteiger partial charge in [0.25, 0.3) is 0 Å². The van der Waals surface area contributed by atoms with E-state index in [1.54, 1.807) is 54.6 Å². The first kappa shape index (κ1) is 29.5. The van der Waals surface area contributed by atoms with Crippen molar-refractivity contribution >= 4 is 6.16 Å². The molecule has 0 unspecified atom stereocenters. The van der Waals surface area contributed by atoms with Crippen LogP contribution in [-0.4, -0.2) is 60.0 Å². The second kappa shape index (κ2) is 12.5. The molecular weight excluding hydrogens is 554 g/mol. The number of carbonyl (C=O) groups is 1. The fourth-order valence-corrected chi connectivity index (χ4v) is 5.49. The maximum absolute atomic E-state index is 12.6. The van der Waals surface area contributed by atoms with Crippen LogP contribution in [0.2, 0.25) is 0 Å². The van der Waals surface area contributed by atoms with E-state index in [0.717, 1.165) is 39.9 Å². The van der Waals surface area contributed by atoms with Crippen molar-refractivity contribution in [2.45, 2.75) is 19.9 Å². The summed E-state index contributed by atoms with van der Waals surface area (Å²) in [4.78, 5) is 12.6. The highest BCUT2D eigenvalue weighted by molar-refractivity contribution is 5.98. The van der Waals surface area contributed by atoms with E-state index >= 15 is 0 Å². The molecule has 1 aliphatic rings. The van der Waals surface area contributed by atoms with Crippen LogP contribution in [0.3, 0.4) is 0 Å². The summed E-state index contributed by atoms with van der Waals surface area (Å²) in [7, 11) is 9.53. The molecule has 5 rings (SSSR count). The Kier molecular flexibility index (Phi) is 8.56. The molecule has 43 heavy (non-hydrogen) atoms. The summed E-state index contributed by atoms with van der Waals surface area (Å²) in [5.74, 6) is 3.60. The number of hydrogen-bond acceptors (Lipinski definition) is 9. The van der Waals surface area contributed by atoms with Gasteiger partial charge in [-0.05, 0) is 54.8 Å². The Morgan fingerprint density at radius 3 is 1.88 bits per heavy atom. The van der Waals surface area contributed by atoms with Crippen LogP contribution < -0.4 is 33.2 Å². The molecule has 0 amide bonds. The predicted octanol–water partition coefficient (Wildman–Crippen LogP) is 6.63. The van der Waals surface area contributed by atoms with Crippen LogP contribution >= 0.6 is 0 Å². The molecule has 0 bridgehead atoms. The zero-order chi connectivity index (χ0) is 30.7. The smallest absolute Gasteiger partial charge is 0.493 e. The van der Waals surface area contributed by atoms with Gasteiger partial charge in [-0.2, -0.15) is 0 Å². The largest absolute Gasteiger partial charge is 0.513 e. The van der Waals surface area contributed by atoms with E-state index < -0.39 is 6.16 Å². The molecule has 0 radical (unpaired) electrons. The van der Waals surface area contributed by atoms with E-state index in [1.807, 2.05) is 30.3 Å². The topological polar surface area (TPSA) is 95.8 Å². The van der Waals surface area contributed by atoms with Crippen LogP contribution in [0.15, 0.2) is 48.7 Å². The molecule has 4 aromatic rings. The predicted molar refractivity (Wildman–Crippen MR) is 161 cm³/mol. The highest BCUT2D eigenvalue weighted by atomic mass is 16.7. The van der Waals surface area contributed by atoms with E-state index in [9.17, 15) is 4.79 Å². The molecular formula is C33H35NO9. The fraction of sp³-hybridized carbons (Fsp3) is 0.303. The van der Waals surface area contributed by atoms with Crippen molar-refractivity contribution < 1.29 is 42.7 Å². The zero-order valence-electron chi connectivity index (χ0n) is 25.4. The molecule has 1 aliphatic heterocycles. The number of aromatic nitrogens is 1. The van der Waals surface area contributed by atoms with Gasteiger partial charge in [-0.25, -0.2) is 4.79 Å². The van der Waals surface area contributed by atoms with Crippen molar-refractivity contribution in [1.82, 2.24) is 4.57 Å². The van der Waals surface area contributed by atoms with Gasteiger partial charge < -0.3 is 42.5 Å². The van der Waals surface area contributed by atoms with Gasteiger partial charge in [0, 0.05) is 41.1 Å². The summed E-state index contributed by atoms with van der Waals surface area (Å²) >= 11 is 0. The van der Waals surface area contributed by atoms with E-state index in [0.29, 0.717) is 46.6 Å². The Morgan fingerprint density at radius 1 is 0.674 bits per heavy atom. The first-order valence-corrected chi connectivity index (χ1v) is 13.7. The lowest BCUT2D eigenvalue weighted by Crippen LogP contribution is -2.11. The first-order chi connectivity index (χ1) is 20.9. The SMILES string of the molecule is CCOC(=O)Oc1cc(OC)c(OC)cc1-c1cn2c(c1-c1ccc(OC)c(OC)c1)-c1cc(OC)c(OC)cc1CC2. The van der Waals surface area contributed by atoms with Crippen molar-refractivity contribution in [3.8, 4) is 73.8 Å². The lowest BCUT2D eigenvalue weighted by Gasteiger charge is -2.23. The van der Waals surface area contributed by atoms with E-state index in [1.165, 1.54) is 7.11 Å². The molecule has 10 heteroatoms. The van der Waals surface area contributed by atoms with Crippen molar-refractivity contribution in [2.24, 2.45) is 0 Å². The third kappa shape index (κ3) is 5.36. The van der Waals surface area contributed by atoms with Gasteiger partial charge in [-0.1, -0.05) is 6.07 Å². The van der Waals surface area contributed by atoms with Crippen molar-refractivity contribution in [1.29, 1.82) is 0 Å². The van der Waals surface area contributed by atoms with Crippen molar-refractivity contribution in [3.05, 3.63) is 54.2 Å². The molecule has 0 saturated heterocycles. The molecule has 10 nitrogen and oxygen atoms in total. The molecule has 1 aromatic heterocycles. The van der Waals surface area contributed by atoms with Crippen molar-refractivity contribution in [2.75, 3.05) is 49.3 Å². The fourth-order valence-electron chi connectivity index (χ4n) is 5.49. The summed E-state index contributed by atoms with van der Waals surface area (Å²) in [6, 6.07) is 13.2. The molecule has 0 N–H and O–H groups in total. The highest BCUT2D eigenvalue weighted by Crippen LogP contribution is 2.51. The van der Waals surface area contributed by atoms with Crippen LogP contribution in [0.1, 0.15) is 12.5 Å². The number of rotatable bonds is 10. The lowest BCUT2D eigenvalue weighted by atomic mass is 9.90. The minimum atomic E-state index is -0.824. The molecule has 0 fully saturated rings. The minimum absolute atomic E-state index is 0.168. The van der Waals surface area contributed by atoms with Gasteiger partial charge >= 0.3 is 6.16 Å². The van der Waals surface area contributed by atoms with Crippen LogP contribution in [0.4, 0.5) is 4.79 Å². The molecule has 226 valence electrons. The van der Waals surface area contributed by atoms with Crippen LogP contribution in [-0.2, 0) is 17.7 Å². The number of fused-ring (bicyclic) bond motifs is 3. The average Bonchev–Trinajstić information content (AvgIpc) is 3.43. The number of nitrogens with zero attached hydrogens (tertiary/aromatic N) is 1. The Morgan fingerprint density at radius 2 is 1.26 bits per heavy atom. The molecule has 0 atom stereocenters. The average molecular weight is 590 g/mol. The third-order valence-electron chi connectivity index (χ3n) is 7.47. The molecule has 0 saturated carbocycles. The lowest BCUT2D eigenvalue weighted by molar-refractivity contribution is 0.104. The zero-order valence-corrected chi connectivity index (χ0v) is 25.4. The van der Waals surface area contributed by atoms with Gasteiger partial charge in [-0.15, -0.1) is 0 Å². The standard InChI is InChI=1S/C33H35NO9/c1-8-42-33(35)43-25-17-30(41-7)29(40-6)16-22(25)23-18-34-12-11-19-13-27(38-4)28(39-5)15-21(19)32(34)31(23)20-9-10-24(36-2)26(14-20)37-3/h9-10,13-18H,8,11-12H2,1-7H3. The van der Waals surface area contributed by atoms with E-state index in [4.69, 9.17) is 37.9 Å². The van der Waals surface area contributed by atoms with E-state index in [2.05, 4.69) is 10.8 Å². The van der Waals surface area contributed by atoms with Gasteiger partial charge in [-0.3, -0.25) is 0 Å². The summed E-state index contributed by atoms with van der Waals surface area (Å²) in [5, 5.41) is 0. The normalized spacial score (nSPS) is 11.6. The number of benzene rings is 3. The number of ether oxygens (including phenoxy) is 8. The Balaban J connectivity index is 1.85. The van der Waals surface area contributed by atoms with Crippen LogP contribution in [0.5, 0.6) is 40.2 Å². The monoisotopic (exact) mass is 589 g/mol. The molecule has 2 heterocycles. The highest BCUT2D eigenvalue weighted by Gasteiger charge is 2.29. The molecule has 0 spiro atoms. The summed E-state index contributed by atoms with van der Waals surface area (Å²) in [5.41, 5.74) is 6.22. The first-order valence-electron chi connectivity index (χ1n) is 13.7. The van der Waals surface area contributed by atoms with E-state index in [-0.39, 0.29) is 12.4 Å². The van der Waals surface area contributed by atoms with Gasteiger partial charge in [0.1, 0.15) is 5.75 Å². The molecule has 3 aromatic carbocycles. The Labute approximate surface area is 250 Å². The van der Waals surface area contributed by atoms with Crippen LogP contribution in [0, 0.1) is 0 Å². The summed E-state index contributed by atoms with van der Waals surface area (Å²) in [6.07, 6.45) is 2.01. The molecule has 0 aliphatic carbocycles. The quantitative estimate of drug-likeness (QED) is 0.149. The number of methoxy groups -OCH3 is 6. The van der Waals surface area contributed by atoms with Gasteiger partial charge in [0.2, 0.25) is 0 Å². The Bertz CT molecular complexity index is 1660. The maximum atomic E-state index is 12.6. The summed E-state index contributed by atoms with van der Waals surface area (Å²) in [6.45, 7) is 2.59. The minimum Gasteiger partial charge on any atom is -0.493 e. The second-order valence-corrected chi connectivity index (χ2v) is 9.63. The second-order valence-electron chi connectivity index (χ2n) is 9.63. The maximum Gasteiger partial charge on any atom is 0.513 e. The Hall–Kier alpha value is -4.99. The number of hydrogen-bond donors (Lipinski definition) is 0. The number of aryl methyl sites for hydroxylation is 2. The van der Waals surface area contributed by atoms with Gasteiger partial charge in [0.15, 0.2) is 34.5 Å². The number of carbonyl (C=O) groups excluding carboxylic acids is 1. The van der Waals surface area contributed by atoms with Crippen LogP contribution in [0.25, 0.3) is 33.5 Å². The van der Waals surface area contributed by atoms with Gasteiger partial charge in [0.05, 0.1) is 55.0 Å². The summed E-state index contributed by atoms with van der Waals surface area (Å²) < 4.78 is 46.8.